The lowest BCUT2D eigenvalue weighted by Crippen LogP contribution is -2.27. The van der Waals surface area contributed by atoms with Gasteiger partial charge in [0.1, 0.15) is 5.82 Å². The molecule has 0 heterocycles. The van der Waals surface area contributed by atoms with E-state index in [1.165, 1.54) is 11.0 Å². The average molecular weight is 306 g/mol. The third-order valence-corrected chi connectivity index (χ3v) is 3.71. The van der Waals surface area contributed by atoms with E-state index >= 15 is 0 Å². The van der Waals surface area contributed by atoms with Crippen LogP contribution in [0.4, 0.5) is 4.39 Å². The lowest BCUT2D eigenvalue weighted by atomic mass is 10.1. The molecule has 2 rings (SSSR count). The van der Waals surface area contributed by atoms with Gasteiger partial charge < -0.3 is 4.90 Å². The lowest BCUT2D eigenvalue weighted by Gasteiger charge is -2.18. The average Bonchev–Trinajstić information content (AvgIpc) is 2.49. The van der Waals surface area contributed by atoms with Gasteiger partial charge in [0.05, 0.1) is 0 Å². The van der Waals surface area contributed by atoms with E-state index in [0.29, 0.717) is 23.4 Å². The van der Waals surface area contributed by atoms with Crippen LogP contribution < -0.4 is 0 Å². The standard InChI is InChI=1S/C17H17ClFNO/c1-20(12-14-15(18)8-5-9-16(14)19)17(21)11-10-13-6-3-2-4-7-13/h2-9H,10-12H2,1H3. The molecule has 110 valence electrons. The van der Waals surface area contributed by atoms with Gasteiger partial charge >= 0.3 is 0 Å². The Kier molecular flexibility index (Phi) is 5.34. The van der Waals surface area contributed by atoms with E-state index in [1.54, 1.807) is 19.2 Å². The molecule has 0 saturated carbocycles. The molecule has 0 bridgehead atoms. The molecule has 1 amide bonds. The molecule has 0 N–H and O–H groups in total. The molecule has 2 nitrogen and oxygen atoms in total. The highest BCUT2D eigenvalue weighted by atomic mass is 35.5. The van der Waals surface area contributed by atoms with Crippen molar-refractivity contribution in [3.8, 4) is 0 Å². The normalized spacial score (nSPS) is 10.4. The van der Waals surface area contributed by atoms with E-state index in [9.17, 15) is 9.18 Å². The molecule has 0 saturated heterocycles. The third kappa shape index (κ3) is 4.30. The Balaban J connectivity index is 1.94. The van der Waals surface area contributed by atoms with Crippen LogP contribution in [0.2, 0.25) is 5.02 Å². The van der Waals surface area contributed by atoms with Crippen LogP contribution in [0.3, 0.4) is 0 Å². The van der Waals surface area contributed by atoms with Crippen molar-refractivity contribution in [1.82, 2.24) is 4.90 Å². The number of halogens is 2. The number of amides is 1. The van der Waals surface area contributed by atoms with Gasteiger partial charge in [0.2, 0.25) is 5.91 Å². The van der Waals surface area contributed by atoms with Gasteiger partial charge in [0, 0.05) is 30.6 Å². The number of nitrogens with zero attached hydrogens (tertiary/aromatic N) is 1. The van der Waals surface area contributed by atoms with Crippen molar-refractivity contribution in [1.29, 1.82) is 0 Å². The molecular weight excluding hydrogens is 289 g/mol. The SMILES string of the molecule is CN(Cc1c(F)cccc1Cl)C(=O)CCc1ccccc1. The Morgan fingerprint density at radius 2 is 1.86 bits per heavy atom. The van der Waals surface area contributed by atoms with Crippen molar-refractivity contribution in [2.45, 2.75) is 19.4 Å². The second kappa shape index (κ2) is 7.23. The summed E-state index contributed by atoms with van der Waals surface area (Å²) in [4.78, 5) is 13.6. The number of rotatable bonds is 5. The van der Waals surface area contributed by atoms with E-state index in [2.05, 4.69) is 0 Å². The van der Waals surface area contributed by atoms with Crippen LogP contribution in [-0.2, 0) is 17.8 Å². The maximum Gasteiger partial charge on any atom is 0.222 e. The summed E-state index contributed by atoms with van der Waals surface area (Å²) in [7, 11) is 1.66. The summed E-state index contributed by atoms with van der Waals surface area (Å²) in [6.07, 6.45) is 1.07. The first-order chi connectivity index (χ1) is 10.1. The molecule has 2 aromatic rings. The molecule has 0 aliphatic rings. The van der Waals surface area contributed by atoms with Gasteiger partial charge in [-0.05, 0) is 24.1 Å². The molecule has 0 aliphatic carbocycles. The largest absolute Gasteiger partial charge is 0.341 e. The van der Waals surface area contributed by atoms with E-state index in [0.717, 1.165) is 5.56 Å². The molecule has 0 atom stereocenters. The maximum atomic E-state index is 13.7. The molecule has 0 unspecified atom stereocenters. The molecular formula is C17H17ClFNO. The first-order valence-corrected chi connectivity index (χ1v) is 7.16. The van der Waals surface area contributed by atoms with E-state index in [1.807, 2.05) is 30.3 Å². The molecule has 0 spiro atoms. The summed E-state index contributed by atoms with van der Waals surface area (Å²) in [5.41, 5.74) is 1.47. The Morgan fingerprint density at radius 1 is 1.14 bits per heavy atom. The second-order valence-corrected chi connectivity index (χ2v) is 5.34. The zero-order chi connectivity index (χ0) is 15.2. The second-order valence-electron chi connectivity index (χ2n) is 4.94. The predicted octanol–water partition coefficient (Wildman–Crippen LogP) is 4.07. The van der Waals surface area contributed by atoms with Gasteiger partial charge in [-0.15, -0.1) is 0 Å². The highest BCUT2D eigenvalue weighted by molar-refractivity contribution is 6.31. The van der Waals surface area contributed by atoms with Crippen LogP contribution in [-0.4, -0.2) is 17.9 Å². The van der Waals surface area contributed by atoms with Gasteiger partial charge in [-0.3, -0.25) is 4.79 Å². The number of benzene rings is 2. The van der Waals surface area contributed by atoms with Gasteiger partial charge in [0.15, 0.2) is 0 Å². The van der Waals surface area contributed by atoms with Crippen LogP contribution in [0.15, 0.2) is 48.5 Å². The monoisotopic (exact) mass is 305 g/mol. The lowest BCUT2D eigenvalue weighted by molar-refractivity contribution is -0.130. The van der Waals surface area contributed by atoms with Crippen LogP contribution in [0.5, 0.6) is 0 Å². The van der Waals surface area contributed by atoms with Crippen LogP contribution in [0.25, 0.3) is 0 Å². The third-order valence-electron chi connectivity index (χ3n) is 3.35. The highest BCUT2D eigenvalue weighted by Gasteiger charge is 2.14. The van der Waals surface area contributed by atoms with Crippen molar-refractivity contribution in [2.75, 3.05) is 7.05 Å². The first-order valence-electron chi connectivity index (χ1n) is 6.78. The van der Waals surface area contributed by atoms with E-state index in [4.69, 9.17) is 11.6 Å². The van der Waals surface area contributed by atoms with Crippen molar-refractivity contribution in [3.05, 3.63) is 70.5 Å². The summed E-state index contributed by atoms with van der Waals surface area (Å²) in [6, 6.07) is 14.3. The van der Waals surface area contributed by atoms with Gasteiger partial charge in [-0.25, -0.2) is 4.39 Å². The van der Waals surface area contributed by atoms with Crippen molar-refractivity contribution in [3.63, 3.8) is 0 Å². The fourth-order valence-corrected chi connectivity index (χ4v) is 2.32. The first kappa shape index (κ1) is 15.5. The quantitative estimate of drug-likeness (QED) is 0.815. The van der Waals surface area contributed by atoms with Crippen molar-refractivity contribution >= 4 is 17.5 Å². The van der Waals surface area contributed by atoms with Gasteiger partial charge in [0.25, 0.3) is 0 Å². The summed E-state index contributed by atoms with van der Waals surface area (Å²) in [6.45, 7) is 0.180. The predicted molar refractivity (Wildman–Crippen MR) is 82.6 cm³/mol. The molecule has 4 heteroatoms. The molecule has 0 aromatic heterocycles. The van der Waals surface area contributed by atoms with E-state index in [-0.39, 0.29) is 18.3 Å². The molecule has 2 aromatic carbocycles. The topological polar surface area (TPSA) is 20.3 Å². The number of hydrogen-bond donors (Lipinski definition) is 0. The van der Waals surface area contributed by atoms with Crippen LogP contribution >= 0.6 is 11.6 Å². The number of carbonyl (C=O) groups excluding carboxylic acids is 1. The van der Waals surface area contributed by atoms with Gasteiger partial charge in [-0.2, -0.15) is 0 Å². The van der Waals surface area contributed by atoms with Crippen LogP contribution in [0, 0.1) is 5.82 Å². The maximum absolute atomic E-state index is 13.7. The van der Waals surface area contributed by atoms with Gasteiger partial charge in [-0.1, -0.05) is 48.0 Å². The summed E-state index contributed by atoms with van der Waals surface area (Å²) < 4.78 is 13.7. The van der Waals surface area contributed by atoms with Crippen molar-refractivity contribution in [2.24, 2.45) is 0 Å². The summed E-state index contributed by atoms with van der Waals surface area (Å²) in [5.74, 6) is -0.414. The zero-order valence-corrected chi connectivity index (χ0v) is 12.6. The minimum atomic E-state index is -0.384. The zero-order valence-electron chi connectivity index (χ0n) is 11.9. The fourth-order valence-electron chi connectivity index (χ4n) is 2.10. The number of aryl methyl sites for hydroxylation is 1. The number of carbonyl (C=O) groups is 1. The fraction of sp³-hybridized carbons (Fsp3) is 0.235. The highest BCUT2D eigenvalue weighted by Crippen LogP contribution is 2.20. The molecule has 0 aliphatic heterocycles. The Labute approximate surface area is 129 Å². The Morgan fingerprint density at radius 3 is 2.52 bits per heavy atom. The smallest absolute Gasteiger partial charge is 0.222 e. The summed E-state index contributed by atoms with van der Waals surface area (Å²) >= 11 is 5.97. The minimum absolute atomic E-state index is 0.0295. The summed E-state index contributed by atoms with van der Waals surface area (Å²) in [5, 5.41) is 0.345. The molecule has 0 radical (unpaired) electrons. The Hall–Kier alpha value is -1.87. The molecule has 0 fully saturated rings. The Bertz CT molecular complexity index is 595. The molecule has 21 heavy (non-hydrogen) atoms. The van der Waals surface area contributed by atoms with Crippen molar-refractivity contribution < 1.29 is 9.18 Å². The van der Waals surface area contributed by atoms with Crippen LogP contribution in [0.1, 0.15) is 17.5 Å². The van der Waals surface area contributed by atoms with E-state index < -0.39 is 0 Å². The minimum Gasteiger partial charge on any atom is -0.341 e. The number of hydrogen-bond acceptors (Lipinski definition) is 1.